The fourth-order valence-corrected chi connectivity index (χ4v) is 8.44. The third-order valence-corrected chi connectivity index (χ3v) is 11.1. The van der Waals surface area contributed by atoms with Crippen molar-refractivity contribution in [3.8, 4) is 0 Å². The summed E-state index contributed by atoms with van der Waals surface area (Å²) in [6, 6.07) is 20.8. The summed E-state index contributed by atoms with van der Waals surface area (Å²) in [5, 5.41) is 4.15. The molecule has 4 aromatic rings. The molecule has 0 amide bonds. The number of ether oxygens (including phenoxy) is 2. The van der Waals surface area contributed by atoms with Crippen LogP contribution in [0.2, 0.25) is 0 Å². The summed E-state index contributed by atoms with van der Waals surface area (Å²) in [6.07, 6.45) is 7.01. The molecule has 2 atom stereocenters. The molecule has 53 heavy (non-hydrogen) atoms. The van der Waals surface area contributed by atoms with Gasteiger partial charge in [-0.3, -0.25) is 0 Å². The molecular formula is C45H56ClF4NO2. The fourth-order valence-electron chi connectivity index (χ4n) is 8.44. The van der Waals surface area contributed by atoms with Gasteiger partial charge in [0.2, 0.25) is 0 Å². The number of aryl methyl sites for hydroxylation is 4. The van der Waals surface area contributed by atoms with E-state index < -0.39 is 23.3 Å². The number of hydrogen-bond donors (Lipinski definition) is 1. The van der Waals surface area contributed by atoms with Gasteiger partial charge in [0, 0.05) is 48.3 Å². The second-order valence-corrected chi connectivity index (χ2v) is 14.7. The van der Waals surface area contributed by atoms with Gasteiger partial charge in [-0.05, 0) is 124 Å². The van der Waals surface area contributed by atoms with Crippen molar-refractivity contribution in [2.45, 2.75) is 103 Å². The van der Waals surface area contributed by atoms with Crippen LogP contribution in [0.1, 0.15) is 101 Å². The quantitative estimate of drug-likeness (QED) is 0.0811. The molecule has 8 heteroatoms. The molecule has 288 valence electrons. The molecule has 0 aliphatic heterocycles. The first-order valence-corrected chi connectivity index (χ1v) is 19.0. The predicted molar refractivity (Wildman–Crippen MR) is 209 cm³/mol. The molecular weight excluding hydrogens is 698 g/mol. The molecule has 1 fully saturated rings. The van der Waals surface area contributed by atoms with E-state index in [1.807, 2.05) is 0 Å². The molecule has 0 bridgehead atoms. The van der Waals surface area contributed by atoms with E-state index >= 15 is 0 Å². The summed E-state index contributed by atoms with van der Waals surface area (Å²) >= 11 is 0. The highest BCUT2D eigenvalue weighted by molar-refractivity contribution is 5.85. The van der Waals surface area contributed by atoms with Crippen LogP contribution in [-0.2, 0) is 22.3 Å². The Labute approximate surface area is 320 Å². The SMILES string of the molecule is Cc1cccc(C)c1[C@@H](CNC1([C@@H](COCCCc2c(F)cccc2F)c2c(C)cccc2C)CCCCC1)COCCCc1c(F)cccc1F.Cl. The Morgan fingerprint density at radius 2 is 1.00 bits per heavy atom. The van der Waals surface area contributed by atoms with Crippen LogP contribution >= 0.6 is 12.4 Å². The first-order chi connectivity index (χ1) is 25.1. The summed E-state index contributed by atoms with van der Waals surface area (Å²) in [5.74, 6) is -1.94. The lowest BCUT2D eigenvalue weighted by Gasteiger charge is -2.46. The molecule has 4 aromatic carbocycles. The molecule has 0 heterocycles. The largest absolute Gasteiger partial charge is 0.381 e. The summed E-state index contributed by atoms with van der Waals surface area (Å²) in [5.41, 5.74) is 7.44. The second kappa shape index (κ2) is 20.5. The normalized spacial score (nSPS) is 15.2. The van der Waals surface area contributed by atoms with Gasteiger partial charge in [0.05, 0.1) is 13.2 Å². The van der Waals surface area contributed by atoms with Gasteiger partial charge in [-0.25, -0.2) is 17.6 Å². The monoisotopic (exact) mass is 753 g/mol. The Morgan fingerprint density at radius 1 is 0.585 bits per heavy atom. The number of rotatable bonds is 18. The Hall–Kier alpha value is -3.23. The zero-order valence-corrected chi connectivity index (χ0v) is 32.5. The Morgan fingerprint density at radius 3 is 1.47 bits per heavy atom. The highest BCUT2D eigenvalue weighted by Crippen LogP contribution is 2.43. The van der Waals surface area contributed by atoms with Crippen LogP contribution in [-0.4, -0.2) is 38.5 Å². The molecule has 3 nitrogen and oxygen atoms in total. The first kappa shape index (κ1) is 42.5. The average molecular weight is 754 g/mol. The minimum Gasteiger partial charge on any atom is -0.381 e. The van der Waals surface area contributed by atoms with Gasteiger partial charge in [0.1, 0.15) is 23.3 Å². The zero-order valence-electron chi connectivity index (χ0n) is 31.7. The van der Waals surface area contributed by atoms with Crippen LogP contribution in [0.3, 0.4) is 0 Å². The van der Waals surface area contributed by atoms with Crippen molar-refractivity contribution in [1.29, 1.82) is 0 Å². The maximum atomic E-state index is 14.3. The highest BCUT2D eigenvalue weighted by Gasteiger charge is 2.42. The van der Waals surface area contributed by atoms with Gasteiger partial charge in [-0.2, -0.15) is 0 Å². The van der Waals surface area contributed by atoms with Crippen LogP contribution in [0.15, 0.2) is 72.8 Å². The van der Waals surface area contributed by atoms with Crippen LogP contribution in [0.5, 0.6) is 0 Å². The highest BCUT2D eigenvalue weighted by atomic mass is 35.5. The van der Waals surface area contributed by atoms with E-state index in [1.54, 1.807) is 0 Å². The number of nitrogens with one attached hydrogen (secondary N) is 1. The lowest BCUT2D eigenvalue weighted by Crippen LogP contribution is -2.54. The van der Waals surface area contributed by atoms with Gasteiger partial charge in [0.15, 0.2) is 0 Å². The molecule has 5 rings (SSSR count). The molecule has 0 unspecified atom stereocenters. The minimum absolute atomic E-state index is 0. The van der Waals surface area contributed by atoms with Gasteiger partial charge in [-0.1, -0.05) is 67.8 Å². The molecule has 1 saturated carbocycles. The molecule has 0 radical (unpaired) electrons. The number of hydrogen-bond acceptors (Lipinski definition) is 3. The lowest BCUT2D eigenvalue weighted by molar-refractivity contribution is 0.0646. The molecule has 0 saturated heterocycles. The summed E-state index contributed by atoms with van der Waals surface area (Å²) in [6.45, 7) is 11.1. The van der Waals surface area contributed by atoms with E-state index in [4.69, 9.17) is 9.47 Å². The van der Waals surface area contributed by atoms with E-state index in [1.165, 1.54) is 76.2 Å². The van der Waals surface area contributed by atoms with Crippen molar-refractivity contribution in [2.24, 2.45) is 0 Å². The van der Waals surface area contributed by atoms with Crippen LogP contribution in [0.25, 0.3) is 0 Å². The fraction of sp³-hybridized carbons (Fsp3) is 0.467. The van der Waals surface area contributed by atoms with Crippen LogP contribution in [0.4, 0.5) is 17.6 Å². The predicted octanol–water partition coefficient (Wildman–Crippen LogP) is 11.4. The van der Waals surface area contributed by atoms with Gasteiger partial charge in [-0.15, -0.1) is 12.4 Å². The topological polar surface area (TPSA) is 30.5 Å². The van der Waals surface area contributed by atoms with Crippen LogP contribution in [0, 0.1) is 51.0 Å². The molecule has 1 aliphatic rings. The van der Waals surface area contributed by atoms with Crippen molar-refractivity contribution >= 4 is 12.4 Å². The maximum absolute atomic E-state index is 14.3. The molecule has 1 N–H and O–H groups in total. The summed E-state index contributed by atoms with van der Waals surface area (Å²) in [7, 11) is 0. The maximum Gasteiger partial charge on any atom is 0.129 e. The molecule has 0 aromatic heterocycles. The summed E-state index contributed by atoms with van der Waals surface area (Å²) < 4.78 is 69.8. The van der Waals surface area contributed by atoms with Crippen molar-refractivity contribution in [3.05, 3.63) is 141 Å². The van der Waals surface area contributed by atoms with E-state index in [2.05, 4.69) is 69.4 Å². The van der Waals surface area contributed by atoms with Crippen LogP contribution < -0.4 is 5.32 Å². The minimum atomic E-state index is -0.517. The van der Waals surface area contributed by atoms with Crippen molar-refractivity contribution < 1.29 is 27.0 Å². The van der Waals surface area contributed by atoms with E-state index in [9.17, 15) is 17.6 Å². The lowest BCUT2D eigenvalue weighted by atomic mass is 9.68. The third kappa shape index (κ3) is 10.9. The average Bonchev–Trinajstić information content (AvgIpc) is 3.11. The van der Waals surface area contributed by atoms with Crippen molar-refractivity contribution in [1.82, 2.24) is 5.32 Å². The van der Waals surface area contributed by atoms with E-state index in [0.29, 0.717) is 45.8 Å². The van der Waals surface area contributed by atoms with Crippen molar-refractivity contribution in [2.75, 3.05) is 33.0 Å². The summed E-state index contributed by atoms with van der Waals surface area (Å²) in [4.78, 5) is 0. The smallest absolute Gasteiger partial charge is 0.129 e. The Bertz CT molecular complexity index is 1680. The Kier molecular flexibility index (Phi) is 16.4. The van der Waals surface area contributed by atoms with Crippen molar-refractivity contribution in [3.63, 3.8) is 0 Å². The van der Waals surface area contributed by atoms with E-state index in [-0.39, 0.29) is 53.8 Å². The van der Waals surface area contributed by atoms with Gasteiger partial charge < -0.3 is 14.8 Å². The standard InChI is InChI=1S/C45H55F4NO2.ClH/c1-31-14-8-15-32(2)43(31)35(29-51-26-12-18-36-39(46)20-10-21-40(36)47)28-50-45(24-6-5-7-25-45)38(44-33(3)16-9-17-34(44)4)30-52-27-13-19-37-41(48)22-11-23-42(37)49;/h8-11,14-17,20-23,35,38,50H,5-7,12-13,18-19,24-30H2,1-4H3;1H/t35-,38-;/m0./s1. The first-order valence-electron chi connectivity index (χ1n) is 19.0. The number of halogens is 5. The Balaban J connectivity index is 0.00000627. The molecule has 1 aliphatic carbocycles. The van der Waals surface area contributed by atoms with Gasteiger partial charge in [0.25, 0.3) is 0 Å². The molecule has 0 spiro atoms. The van der Waals surface area contributed by atoms with E-state index in [0.717, 1.165) is 25.7 Å². The third-order valence-electron chi connectivity index (χ3n) is 11.1. The van der Waals surface area contributed by atoms with Gasteiger partial charge >= 0.3 is 0 Å². The zero-order chi connectivity index (χ0) is 37.1. The second-order valence-electron chi connectivity index (χ2n) is 14.7. The number of benzene rings is 4.